The van der Waals surface area contributed by atoms with E-state index in [0.717, 1.165) is 19.4 Å². The van der Waals surface area contributed by atoms with E-state index in [1.165, 1.54) is 6.92 Å². The van der Waals surface area contributed by atoms with E-state index in [-0.39, 0.29) is 17.9 Å². The van der Waals surface area contributed by atoms with Crippen LogP contribution in [0.5, 0.6) is 0 Å². The molecule has 1 fully saturated rings. The van der Waals surface area contributed by atoms with Crippen molar-refractivity contribution in [1.29, 1.82) is 0 Å². The first-order chi connectivity index (χ1) is 9.06. The smallest absolute Gasteiger partial charge is 0.253 e. The minimum Gasteiger partial charge on any atom is -0.352 e. The number of hydrogen-bond donors (Lipinski definition) is 1. The molecular weight excluding hydrogens is 264 g/mol. The Morgan fingerprint density at radius 3 is 2.89 bits per heavy atom. The Labute approximate surface area is 117 Å². The van der Waals surface area contributed by atoms with Crippen molar-refractivity contribution in [2.24, 2.45) is 0 Å². The lowest BCUT2D eigenvalue weighted by molar-refractivity contribution is -0.120. The maximum Gasteiger partial charge on any atom is 0.253 e. The Morgan fingerprint density at radius 2 is 2.21 bits per heavy atom. The minimum absolute atomic E-state index is 0.0300. The van der Waals surface area contributed by atoms with Gasteiger partial charge >= 0.3 is 0 Å². The summed E-state index contributed by atoms with van der Waals surface area (Å²) in [4.78, 5) is 25.2. The molecule has 1 aliphatic rings. The van der Waals surface area contributed by atoms with Crippen molar-refractivity contribution < 1.29 is 9.59 Å². The number of amides is 2. The molecule has 0 bridgehead atoms. The van der Waals surface area contributed by atoms with Crippen LogP contribution in [0.25, 0.3) is 0 Å². The molecule has 0 spiro atoms. The Morgan fingerprint density at radius 1 is 1.42 bits per heavy atom. The maximum atomic E-state index is 12.3. The fourth-order valence-corrected chi connectivity index (χ4v) is 2.56. The van der Waals surface area contributed by atoms with Crippen LogP contribution in [0.15, 0.2) is 24.3 Å². The first-order valence-electron chi connectivity index (χ1n) is 6.38. The molecule has 1 atom stereocenters. The quantitative estimate of drug-likeness (QED) is 0.902. The molecule has 19 heavy (non-hydrogen) atoms. The third-order valence-electron chi connectivity index (χ3n) is 3.19. The van der Waals surface area contributed by atoms with Crippen LogP contribution in [0.3, 0.4) is 0 Å². The molecule has 1 aromatic rings. The average molecular weight is 281 g/mol. The summed E-state index contributed by atoms with van der Waals surface area (Å²) in [6.45, 7) is 2.78. The number of likely N-dealkylation sites (tertiary alicyclic amines) is 1. The molecule has 2 rings (SSSR count). The highest BCUT2D eigenvalue weighted by Crippen LogP contribution is 2.16. The third-order valence-corrected chi connectivity index (χ3v) is 3.42. The second kappa shape index (κ2) is 6.06. The van der Waals surface area contributed by atoms with Crippen LogP contribution in [0.1, 0.15) is 30.1 Å². The first-order valence-corrected chi connectivity index (χ1v) is 6.76. The highest BCUT2D eigenvalue weighted by atomic mass is 35.5. The van der Waals surface area contributed by atoms with Crippen molar-refractivity contribution in [2.45, 2.75) is 25.8 Å². The van der Waals surface area contributed by atoms with Crippen molar-refractivity contribution in [2.75, 3.05) is 13.1 Å². The van der Waals surface area contributed by atoms with Gasteiger partial charge in [-0.25, -0.2) is 0 Å². The van der Waals surface area contributed by atoms with Gasteiger partial charge in [-0.3, -0.25) is 9.59 Å². The molecule has 0 radical (unpaired) electrons. The van der Waals surface area contributed by atoms with Gasteiger partial charge in [0, 0.05) is 36.6 Å². The summed E-state index contributed by atoms with van der Waals surface area (Å²) >= 11 is 5.90. The summed E-state index contributed by atoms with van der Waals surface area (Å²) in [6, 6.07) is 7.00. The van der Waals surface area contributed by atoms with Crippen molar-refractivity contribution >= 4 is 23.4 Å². The van der Waals surface area contributed by atoms with Crippen LogP contribution in [0.4, 0.5) is 0 Å². The van der Waals surface area contributed by atoms with E-state index in [4.69, 9.17) is 11.6 Å². The van der Waals surface area contributed by atoms with E-state index >= 15 is 0 Å². The molecule has 1 heterocycles. The summed E-state index contributed by atoms with van der Waals surface area (Å²) in [6.07, 6.45) is 1.82. The van der Waals surface area contributed by atoms with E-state index in [2.05, 4.69) is 5.32 Å². The lowest BCUT2D eigenvalue weighted by Gasteiger charge is -2.33. The second-order valence-electron chi connectivity index (χ2n) is 4.80. The molecule has 5 heteroatoms. The molecule has 1 N–H and O–H groups in total. The SMILES string of the molecule is CC(=O)NC1CCCN(C(=O)c2cccc(Cl)c2)C1. The van der Waals surface area contributed by atoms with Gasteiger partial charge < -0.3 is 10.2 Å². The molecule has 1 aromatic carbocycles. The number of nitrogens with zero attached hydrogens (tertiary/aromatic N) is 1. The van der Waals surface area contributed by atoms with E-state index in [1.807, 2.05) is 0 Å². The Bertz CT molecular complexity index is 490. The van der Waals surface area contributed by atoms with Crippen molar-refractivity contribution in [3.63, 3.8) is 0 Å². The van der Waals surface area contributed by atoms with Gasteiger partial charge in [0.05, 0.1) is 0 Å². The number of carbonyl (C=O) groups is 2. The summed E-state index contributed by atoms with van der Waals surface area (Å²) in [7, 11) is 0. The van der Waals surface area contributed by atoms with Gasteiger partial charge in [0.15, 0.2) is 0 Å². The van der Waals surface area contributed by atoms with E-state index in [9.17, 15) is 9.59 Å². The molecule has 4 nitrogen and oxygen atoms in total. The highest BCUT2D eigenvalue weighted by Gasteiger charge is 2.24. The average Bonchev–Trinajstić information content (AvgIpc) is 2.37. The minimum atomic E-state index is -0.0537. The number of piperidine rings is 1. The van der Waals surface area contributed by atoms with Gasteiger partial charge in [-0.05, 0) is 31.0 Å². The normalized spacial score (nSPS) is 19.1. The van der Waals surface area contributed by atoms with Crippen LogP contribution in [0, 0.1) is 0 Å². The predicted molar refractivity (Wildman–Crippen MR) is 74.2 cm³/mol. The molecule has 102 valence electrons. The van der Waals surface area contributed by atoms with E-state index in [1.54, 1.807) is 29.2 Å². The number of hydrogen-bond acceptors (Lipinski definition) is 2. The predicted octanol–water partition coefficient (Wildman–Crippen LogP) is 2.08. The van der Waals surface area contributed by atoms with Crippen LogP contribution < -0.4 is 5.32 Å². The summed E-state index contributed by atoms with van der Waals surface area (Å²) in [5.41, 5.74) is 0.593. The molecular formula is C14H17ClN2O2. The molecule has 1 aliphatic heterocycles. The molecule has 0 aromatic heterocycles. The van der Waals surface area contributed by atoms with Gasteiger partial charge in [-0.2, -0.15) is 0 Å². The topological polar surface area (TPSA) is 49.4 Å². The number of benzene rings is 1. The summed E-state index contributed by atoms with van der Waals surface area (Å²) in [5.74, 6) is -0.0837. The molecule has 0 saturated carbocycles. The molecule has 2 amide bonds. The van der Waals surface area contributed by atoms with Crippen LogP contribution in [-0.2, 0) is 4.79 Å². The van der Waals surface area contributed by atoms with Crippen molar-refractivity contribution in [3.8, 4) is 0 Å². The fourth-order valence-electron chi connectivity index (χ4n) is 2.37. The number of carbonyl (C=O) groups excluding carboxylic acids is 2. The highest BCUT2D eigenvalue weighted by molar-refractivity contribution is 6.30. The number of nitrogens with one attached hydrogen (secondary N) is 1. The largest absolute Gasteiger partial charge is 0.352 e. The van der Waals surface area contributed by atoms with Gasteiger partial charge in [0.1, 0.15) is 0 Å². The maximum absolute atomic E-state index is 12.3. The number of halogens is 1. The summed E-state index contributed by atoms with van der Waals surface area (Å²) in [5, 5.41) is 3.43. The number of rotatable bonds is 2. The Kier molecular flexibility index (Phi) is 4.43. The molecule has 0 aliphatic carbocycles. The van der Waals surface area contributed by atoms with Crippen LogP contribution >= 0.6 is 11.6 Å². The summed E-state index contributed by atoms with van der Waals surface area (Å²) < 4.78 is 0. The molecule has 1 saturated heterocycles. The lowest BCUT2D eigenvalue weighted by Crippen LogP contribution is -2.49. The Hall–Kier alpha value is -1.55. The zero-order valence-corrected chi connectivity index (χ0v) is 11.6. The Balaban J connectivity index is 2.04. The third kappa shape index (κ3) is 3.70. The van der Waals surface area contributed by atoms with Crippen LogP contribution in [0.2, 0.25) is 5.02 Å². The first kappa shape index (κ1) is 13.9. The lowest BCUT2D eigenvalue weighted by atomic mass is 10.0. The van der Waals surface area contributed by atoms with Gasteiger partial charge in [-0.15, -0.1) is 0 Å². The van der Waals surface area contributed by atoms with Crippen LogP contribution in [-0.4, -0.2) is 35.8 Å². The van der Waals surface area contributed by atoms with Gasteiger partial charge in [-0.1, -0.05) is 17.7 Å². The monoisotopic (exact) mass is 280 g/mol. The van der Waals surface area contributed by atoms with Crippen molar-refractivity contribution in [1.82, 2.24) is 10.2 Å². The zero-order valence-electron chi connectivity index (χ0n) is 10.9. The standard InChI is InChI=1S/C14H17ClN2O2/c1-10(18)16-13-6-3-7-17(9-13)14(19)11-4-2-5-12(15)8-11/h2,4-5,8,13H,3,6-7,9H2,1H3,(H,16,18). The second-order valence-corrected chi connectivity index (χ2v) is 5.24. The van der Waals surface area contributed by atoms with Crippen molar-refractivity contribution in [3.05, 3.63) is 34.9 Å². The van der Waals surface area contributed by atoms with Gasteiger partial charge in [0.2, 0.25) is 5.91 Å². The molecule has 1 unspecified atom stereocenters. The fraction of sp³-hybridized carbons (Fsp3) is 0.429. The zero-order chi connectivity index (χ0) is 13.8. The van der Waals surface area contributed by atoms with E-state index < -0.39 is 0 Å². The van der Waals surface area contributed by atoms with E-state index in [0.29, 0.717) is 17.1 Å². The van der Waals surface area contributed by atoms with Gasteiger partial charge in [0.25, 0.3) is 5.91 Å².